The molecule has 164 valence electrons. The van der Waals surface area contributed by atoms with E-state index in [0.29, 0.717) is 23.7 Å². The van der Waals surface area contributed by atoms with Crippen molar-refractivity contribution < 1.29 is 9.90 Å². The summed E-state index contributed by atoms with van der Waals surface area (Å²) >= 11 is 6.61. The number of aromatic nitrogens is 2. The van der Waals surface area contributed by atoms with Gasteiger partial charge in [-0.15, -0.1) is 0 Å². The molecule has 3 aromatic rings. The maximum atomic E-state index is 12.8. The van der Waals surface area contributed by atoms with E-state index in [2.05, 4.69) is 42.9 Å². The Morgan fingerprint density at radius 2 is 1.75 bits per heavy atom. The van der Waals surface area contributed by atoms with Gasteiger partial charge < -0.3 is 10.0 Å². The minimum atomic E-state index is -0.232. The van der Waals surface area contributed by atoms with Gasteiger partial charge in [0.2, 0.25) is 0 Å². The van der Waals surface area contributed by atoms with Crippen LogP contribution in [0.5, 0.6) is 0 Å². The molecule has 5 rings (SSSR count). The average molecular weight is 448 g/mol. The van der Waals surface area contributed by atoms with Gasteiger partial charge in [-0.05, 0) is 35.9 Å². The van der Waals surface area contributed by atoms with E-state index in [1.54, 1.807) is 12.3 Å². The summed E-state index contributed by atoms with van der Waals surface area (Å²) in [6.07, 6.45) is 5.22. The number of rotatable bonds is 3. The van der Waals surface area contributed by atoms with Gasteiger partial charge >= 0.3 is 0 Å². The standard InChI is InChI=1S/C26H26ClN3O2/c1-26(2,3)23-10-15(6-7-29-23)17-8-18(12-28-11-17)19-5-4-16(9-22(19)27)25(32)30-13-20-21(14-30)24(20)31/h4-12,20-21,24,31H,13-14H2,1-3H3/t20-,21+,24?. The van der Waals surface area contributed by atoms with E-state index in [0.717, 1.165) is 27.9 Å². The summed E-state index contributed by atoms with van der Waals surface area (Å²) in [6.45, 7) is 7.67. The van der Waals surface area contributed by atoms with E-state index in [9.17, 15) is 9.90 Å². The van der Waals surface area contributed by atoms with Gasteiger partial charge in [-0.3, -0.25) is 14.8 Å². The molecule has 32 heavy (non-hydrogen) atoms. The Hall–Kier alpha value is -2.76. The van der Waals surface area contributed by atoms with Crippen molar-refractivity contribution in [2.24, 2.45) is 11.8 Å². The summed E-state index contributed by atoms with van der Waals surface area (Å²) in [5.74, 6) is 0.459. The Morgan fingerprint density at radius 1 is 1.03 bits per heavy atom. The number of hydrogen-bond donors (Lipinski definition) is 1. The third kappa shape index (κ3) is 3.80. The lowest BCUT2D eigenvalue weighted by Gasteiger charge is -2.19. The third-order valence-electron chi connectivity index (χ3n) is 6.56. The molecule has 1 aromatic carbocycles. The number of carbonyl (C=O) groups excluding carboxylic acids is 1. The van der Waals surface area contributed by atoms with E-state index in [-0.39, 0.29) is 29.3 Å². The molecule has 3 heterocycles. The Labute approximate surface area is 193 Å². The molecule has 2 fully saturated rings. The number of benzene rings is 1. The molecule has 1 N–H and O–H groups in total. The van der Waals surface area contributed by atoms with Crippen LogP contribution < -0.4 is 0 Å². The van der Waals surface area contributed by atoms with Crippen molar-refractivity contribution in [3.8, 4) is 22.3 Å². The zero-order valence-corrected chi connectivity index (χ0v) is 19.2. The lowest BCUT2D eigenvalue weighted by molar-refractivity contribution is 0.0746. The largest absolute Gasteiger partial charge is 0.392 e. The molecule has 5 nitrogen and oxygen atoms in total. The minimum absolute atomic E-state index is 0.0313. The van der Waals surface area contributed by atoms with Gasteiger partial charge in [0.05, 0.1) is 6.10 Å². The van der Waals surface area contributed by atoms with Crippen LogP contribution >= 0.6 is 11.6 Å². The summed E-state index contributed by atoms with van der Waals surface area (Å²) in [4.78, 5) is 23.6. The van der Waals surface area contributed by atoms with Crippen LogP contribution in [-0.4, -0.2) is 45.1 Å². The molecule has 2 aliphatic rings. The summed E-state index contributed by atoms with van der Waals surface area (Å²) in [7, 11) is 0. The molecule has 0 bridgehead atoms. The van der Waals surface area contributed by atoms with Crippen molar-refractivity contribution in [2.45, 2.75) is 32.3 Å². The highest BCUT2D eigenvalue weighted by Gasteiger charge is 2.56. The highest BCUT2D eigenvalue weighted by atomic mass is 35.5. The smallest absolute Gasteiger partial charge is 0.253 e. The highest BCUT2D eigenvalue weighted by Crippen LogP contribution is 2.45. The molecule has 1 aliphatic heterocycles. The number of pyridine rings is 2. The molecule has 1 unspecified atom stereocenters. The van der Waals surface area contributed by atoms with Crippen LogP contribution in [0, 0.1) is 11.8 Å². The van der Waals surface area contributed by atoms with E-state index in [1.807, 2.05) is 35.5 Å². The van der Waals surface area contributed by atoms with Crippen LogP contribution in [0.1, 0.15) is 36.8 Å². The molecule has 0 radical (unpaired) electrons. The van der Waals surface area contributed by atoms with Crippen LogP contribution in [0.15, 0.2) is 55.0 Å². The van der Waals surface area contributed by atoms with Gasteiger partial charge in [0.15, 0.2) is 0 Å². The van der Waals surface area contributed by atoms with Crippen LogP contribution in [0.25, 0.3) is 22.3 Å². The van der Waals surface area contributed by atoms with Crippen molar-refractivity contribution in [1.82, 2.24) is 14.9 Å². The lowest BCUT2D eigenvalue weighted by atomic mass is 9.90. The van der Waals surface area contributed by atoms with E-state index in [4.69, 9.17) is 11.6 Å². The third-order valence-corrected chi connectivity index (χ3v) is 6.88. The summed E-state index contributed by atoms with van der Waals surface area (Å²) in [5, 5.41) is 10.2. The first-order valence-corrected chi connectivity index (χ1v) is 11.3. The molecule has 3 atom stereocenters. The van der Waals surface area contributed by atoms with E-state index in [1.165, 1.54) is 0 Å². The lowest BCUT2D eigenvalue weighted by Crippen LogP contribution is -2.32. The van der Waals surface area contributed by atoms with Crippen LogP contribution in [-0.2, 0) is 5.41 Å². The van der Waals surface area contributed by atoms with Crippen molar-refractivity contribution in [1.29, 1.82) is 0 Å². The number of piperidine rings is 1. The zero-order valence-electron chi connectivity index (χ0n) is 18.4. The number of nitrogens with zero attached hydrogens (tertiary/aromatic N) is 3. The van der Waals surface area contributed by atoms with Crippen LogP contribution in [0.2, 0.25) is 5.02 Å². The fraction of sp³-hybridized carbons (Fsp3) is 0.346. The number of aliphatic hydroxyl groups excluding tert-OH is 1. The van der Waals surface area contributed by atoms with Crippen molar-refractivity contribution in [3.05, 3.63) is 71.3 Å². The van der Waals surface area contributed by atoms with E-state index < -0.39 is 0 Å². The number of halogens is 1. The fourth-order valence-corrected chi connectivity index (χ4v) is 4.78. The molecule has 1 saturated heterocycles. The zero-order chi connectivity index (χ0) is 22.6. The fourth-order valence-electron chi connectivity index (χ4n) is 4.49. The molecule has 1 aliphatic carbocycles. The Morgan fingerprint density at radius 3 is 2.44 bits per heavy atom. The first-order chi connectivity index (χ1) is 15.2. The van der Waals surface area contributed by atoms with Gasteiger partial charge in [-0.2, -0.15) is 0 Å². The highest BCUT2D eigenvalue weighted by molar-refractivity contribution is 6.33. The molecule has 1 saturated carbocycles. The van der Waals surface area contributed by atoms with Crippen LogP contribution in [0.4, 0.5) is 0 Å². The summed E-state index contributed by atoms with van der Waals surface area (Å²) < 4.78 is 0. The normalized spacial score (nSPS) is 22.0. The van der Waals surface area contributed by atoms with Crippen molar-refractivity contribution >= 4 is 17.5 Å². The van der Waals surface area contributed by atoms with Crippen LogP contribution in [0.3, 0.4) is 0 Å². The molecule has 0 spiro atoms. The van der Waals surface area contributed by atoms with Gasteiger partial charge in [-0.1, -0.05) is 38.4 Å². The van der Waals surface area contributed by atoms with Gasteiger partial charge in [-0.25, -0.2) is 0 Å². The monoisotopic (exact) mass is 447 g/mol. The number of likely N-dealkylation sites (tertiary alicyclic amines) is 1. The quantitative estimate of drug-likeness (QED) is 0.624. The number of fused-ring (bicyclic) bond motifs is 1. The minimum Gasteiger partial charge on any atom is -0.392 e. The van der Waals surface area contributed by atoms with Crippen molar-refractivity contribution in [2.75, 3.05) is 13.1 Å². The van der Waals surface area contributed by atoms with E-state index >= 15 is 0 Å². The van der Waals surface area contributed by atoms with Gasteiger partial charge in [0.25, 0.3) is 5.91 Å². The maximum absolute atomic E-state index is 12.8. The molecule has 6 heteroatoms. The number of aliphatic hydroxyl groups is 1. The maximum Gasteiger partial charge on any atom is 0.253 e. The first-order valence-electron chi connectivity index (χ1n) is 10.9. The summed E-state index contributed by atoms with van der Waals surface area (Å²) in [6, 6.07) is 11.6. The van der Waals surface area contributed by atoms with Gasteiger partial charge in [0, 0.05) is 81.9 Å². The topological polar surface area (TPSA) is 66.3 Å². The Kier molecular flexibility index (Phi) is 5.06. The second-order valence-electron chi connectivity index (χ2n) is 9.87. The molecular weight excluding hydrogens is 422 g/mol. The molecular formula is C26H26ClN3O2. The number of hydrogen-bond acceptors (Lipinski definition) is 4. The second-order valence-corrected chi connectivity index (χ2v) is 10.3. The predicted octanol–water partition coefficient (Wildman–Crippen LogP) is 4.82. The Bertz CT molecular complexity index is 1190. The first kappa shape index (κ1) is 21.1. The second kappa shape index (κ2) is 7.68. The van der Waals surface area contributed by atoms with Crippen molar-refractivity contribution in [3.63, 3.8) is 0 Å². The average Bonchev–Trinajstić information content (AvgIpc) is 3.17. The predicted molar refractivity (Wildman–Crippen MR) is 126 cm³/mol. The van der Waals surface area contributed by atoms with Gasteiger partial charge in [0.1, 0.15) is 0 Å². The number of amides is 1. The summed E-state index contributed by atoms with van der Waals surface area (Å²) in [5.41, 5.74) is 5.32. The number of carbonyl (C=O) groups is 1. The Balaban J connectivity index is 1.40. The molecule has 2 aromatic heterocycles. The SMILES string of the molecule is CC(C)(C)c1cc(-c2cncc(-c3ccc(C(=O)N4C[C@@H]5C(O)[C@@H]5C4)cc3Cl)c2)ccn1. The molecule has 1 amide bonds.